The number of esters is 1. The Morgan fingerprint density at radius 1 is 1.00 bits per heavy atom. The number of aromatic hydroxyl groups is 1. The first kappa shape index (κ1) is 16.5. The number of rotatable bonds is 6. The minimum atomic E-state index is -0.616. The van der Waals surface area contributed by atoms with E-state index in [1.807, 2.05) is 0 Å². The number of aryl methyl sites for hydroxylation is 1. The van der Waals surface area contributed by atoms with Gasteiger partial charge in [-0.05, 0) is 37.6 Å². The Kier molecular flexibility index (Phi) is 5.36. The van der Waals surface area contributed by atoms with E-state index in [2.05, 4.69) is 0 Å². The summed E-state index contributed by atoms with van der Waals surface area (Å²) in [4.78, 5) is 23.4. The van der Waals surface area contributed by atoms with Gasteiger partial charge in [0.05, 0.1) is 5.56 Å². The lowest BCUT2D eigenvalue weighted by Crippen LogP contribution is -2.13. The standard InChI is InChI=1S/C18H18O5/c1-12-6-5-8-15(17(12)20)18(21)23-11-10-22-16-9-4-3-7-14(16)13(2)19/h3-9,20H,10-11H2,1-2H3. The van der Waals surface area contributed by atoms with Crippen LogP contribution in [0.4, 0.5) is 0 Å². The molecule has 0 saturated heterocycles. The maximum Gasteiger partial charge on any atom is 0.342 e. The first-order valence-electron chi connectivity index (χ1n) is 7.19. The van der Waals surface area contributed by atoms with Crippen molar-refractivity contribution >= 4 is 11.8 Å². The third-order valence-electron chi connectivity index (χ3n) is 3.30. The normalized spacial score (nSPS) is 10.2. The van der Waals surface area contributed by atoms with Crippen LogP contribution in [0.15, 0.2) is 42.5 Å². The number of hydrogen-bond acceptors (Lipinski definition) is 5. The number of ketones is 1. The number of phenols is 1. The van der Waals surface area contributed by atoms with Crippen molar-refractivity contribution in [1.82, 2.24) is 0 Å². The average molecular weight is 314 g/mol. The van der Waals surface area contributed by atoms with Gasteiger partial charge in [0.25, 0.3) is 0 Å². The molecule has 0 fully saturated rings. The second-order valence-electron chi connectivity index (χ2n) is 5.01. The molecule has 2 aromatic carbocycles. The SMILES string of the molecule is CC(=O)c1ccccc1OCCOC(=O)c1cccc(C)c1O. The Balaban J connectivity index is 1.90. The Labute approximate surface area is 134 Å². The molecule has 0 amide bonds. The Morgan fingerprint density at radius 3 is 2.43 bits per heavy atom. The summed E-state index contributed by atoms with van der Waals surface area (Å²) in [5, 5.41) is 9.83. The van der Waals surface area contributed by atoms with E-state index >= 15 is 0 Å². The molecule has 120 valence electrons. The summed E-state index contributed by atoms with van der Waals surface area (Å²) in [6, 6.07) is 11.7. The van der Waals surface area contributed by atoms with Crippen molar-refractivity contribution in [2.75, 3.05) is 13.2 Å². The lowest BCUT2D eigenvalue weighted by Gasteiger charge is -2.11. The predicted molar refractivity (Wildman–Crippen MR) is 85.1 cm³/mol. The summed E-state index contributed by atoms with van der Waals surface area (Å²) < 4.78 is 10.6. The third-order valence-corrected chi connectivity index (χ3v) is 3.30. The Morgan fingerprint density at radius 2 is 1.70 bits per heavy atom. The zero-order valence-corrected chi connectivity index (χ0v) is 13.0. The summed E-state index contributed by atoms with van der Waals surface area (Å²) in [5.74, 6) is -0.341. The molecule has 0 aliphatic carbocycles. The lowest BCUT2D eigenvalue weighted by molar-refractivity contribution is 0.0446. The van der Waals surface area contributed by atoms with E-state index in [0.717, 1.165) is 0 Å². The number of Topliss-reactive ketones (excluding diaryl/α,β-unsaturated/α-hetero) is 1. The zero-order valence-electron chi connectivity index (χ0n) is 13.0. The van der Waals surface area contributed by atoms with Gasteiger partial charge in [-0.25, -0.2) is 4.79 Å². The quantitative estimate of drug-likeness (QED) is 0.504. The van der Waals surface area contributed by atoms with E-state index < -0.39 is 5.97 Å². The molecule has 0 aliphatic rings. The molecular weight excluding hydrogens is 296 g/mol. The highest BCUT2D eigenvalue weighted by Crippen LogP contribution is 2.22. The van der Waals surface area contributed by atoms with Gasteiger partial charge in [0.2, 0.25) is 0 Å². The molecule has 0 aromatic heterocycles. The van der Waals surface area contributed by atoms with Crippen LogP contribution in [-0.4, -0.2) is 30.1 Å². The molecule has 0 aliphatic heterocycles. The number of hydrogen-bond donors (Lipinski definition) is 1. The fourth-order valence-corrected chi connectivity index (χ4v) is 2.07. The fourth-order valence-electron chi connectivity index (χ4n) is 2.07. The fraction of sp³-hybridized carbons (Fsp3) is 0.222. The monoisotopic (exact) mass is 314 g/mol. The maximum atomic E-state index is 11.9. The molecule has 0 radical (unpaired) electrons. The summed E-state index contributed by atoms with van der Waals surface area (Å²) in [7, 11) is 0. The second kappa shape index (κ2) is 7.45. The van der Waals surface area contributed by atoms with Crippen LogP contribution in [-0.2, 0) is 4.74 Å². The molecule has 0 atom stereocenters. The largest absolute Gasteiger partial charge is 0.507 e. The molecule has 0 spiro atoms. The van der Waals surface area contributed by atoms with Crippen molar-refractivity contribution in [2.24, 2.45) is 0 Å². The van der Waals surface area contributed by atoms with Crippen LogP contribution in [0.5, 0.6) is 11.5 Å². The van der Waals surface area contributed by atoms with E-state index in [4.69, 9.17) is 9.47 Å². The van der Waals surface area contributed by atoms with Crippen molar-refractivity contribution in [1.29, 1.82) is 0 Å². The molecule has 1 N–H and O–H groups in total. The van der Waals surface area contributed by atoms with Gasteiger partial charge in [-0.3, -0.25) is 4.79 Å². The summed E-state index contributed by atoms with van der Waals surface area (Å²) in [6.07, 6.45) is 0. The number of phenolic OH excluding ortho intramolecular Hbond substituents is 1. The van der Waals surface area contributed by atoms with Crippen molar-refractivity contribution in [3.05, 3.63) is 59.2 Å². The number of carbonyl (C=O) groups excluding carboxylic acids is 2. The molecule has 0 saturated carbocycles. The second-order valence-corrected chi connectivity index (χ2v) is 5.01. The van der Waals surface area contributed by atoms with Gasteiger partial charge >= 0.3 is 5.97 Å². The molecule has 5 heteroatoms. The first-order chi connectivity index (χ1) is 11.0. The van der Waals surface area contributed by atoms with Crippen molar-refractivity contribution < 1.29 is 24.2 Å². The Bertz CT molecular complexity index is 721. The smallest absolute Gasteiger partial charge is 0.342 e. The maximum absolute atomic E-state index is 11.9. The highest BCUT2D eigenvalue weighted by molar-refractivity contribution is 5.96. The van der Waals surface area contributed by atoms with Crippen LogP contribution in [0.2, 0.25) is 0 Å². The molecule has 0 bridgehead atoms. The molecule has 0 heterocycles. The number of benzene rings is 2. The molecule has 2 rings (SSSR count). The van der Waals surface area contributed by atoms with E-state index in [0.29, 0.717) is 16.9 Å². The van der Waals surface area contributed by atoms with Gasteiger partial charge in [0.15, 0.2) is 5.78 Å². The van der Waals surface area contributed by atoms with E-state index in [1.165, 1.54) is 13.0 Å². The van der Waals surface area contributed by atoms with Crippen LogP contribution in [0, 0.1) is 6.92 Å². The van der Waals surface area contributed by atoms with Crippen LogP contribution >= 0.6 is 0 Å². The molecule has 5 nitrogen and oxygen atoms in total. The van der Waals surface area contributed by atoms with Crippen molar-refractivity contribution in [3.63, 3.8) is 0 Å². The zero-order chi connectivity index (χ0) is 16.8. The predicted octanol–water partition coefficient (Wildman–Crippen LogP) is 3.14. The Hall–Kier alpha value is -2.82. The highest BCUT2D eigenvalue weighted by atomic mass is 16.6. The van der Waals surface area contributed by atoms with Crippen LogP contribution in [0.3, 0.4) is 0 Å². The van der Waals surface area contributed by atoms with Crippen LogP contribution in [0.25, 0.3) is 0 Å². The first-order valence-corrected chi connectivity index (χ1v) is 7.19. The number of carbonyl (C=O) groups is 2. The van der Waals surface area contributed by atoms with Crippen molar-refractivity contribution in [2.45, 2.75) is 13.8 Å². The van der Waals surface area contributed by atoms with Crippen LogP contribution in [0.1, 0.15) is 33.2 Å². The molecular formula is C18H18O5. The van der Waals surface area contributed by atoms with Gasteiger partial charge in [-0.1, -0.05) is 24.3 Å². The van der Waals surface area contributed by atoms with E-state index in [1.54, 1.807) is 43.3 Å². The summed E-state index contributed by atoms with van der Waals surface area (Å²) in [6.45, 7) is 3.29. The average Bonchev–Trinajstić information content (AvgIpc) is 2.54. The van der Waals surface area contributed by atoms with E-state index in [9.17, 15) is 14.7 Å². The van der Waals surface area contributed by atoms with Gasteiger partial charge in [-0.2, -0.15) is 0 Å². The highest BCUT2D eigenvalue weighted by Gasteiger charge is 2.14. The lowest BCUT2D eigenvalue weighted by atomic mass is 10.1. The van der Waals surface area contributed by atoms with Crippen molar-refractivity contribution in [3.8, 4) is 11.5 Å². The molecule has 0 unspecified atom stereocenters. The van der Waals surface area contributed by atoms with Gasteiger partial charge in [0, 0.05) is 0 Å². The third kappa shape index (κ3) is 4.10. The van der Waals surface area contributed by atoms with Gasteiger partial charge in [-0.15, -0.1) is 0 Å². The minimum absolute atomic E-state index is 0.0124. The molecule has 2 aromatic rings. The topological polar surface area (TPSA) is 72.8 Å². The van der Waals surface area contributed by atoms with E-state index in [-0.39, 0.29) is 30.3 Å². The summed E-state index contributed by atoms with van der Waals surface area (Å²) in [5.41, 5.74) is 1.20. The van der Waals surface area contributed by atoms with Gasteiger partial charge < -0.3 is 14.6 Å². The number of ether oxygens (including phenoxy) is 2. The van der Waals surface area contributed by atoms with Gasteiger partial charge in [0.1, 0.15) is 30.3 Å². The minimum Gasteiger partial charge on any atom is -0.507 e. The van der Waals surface area contributed by atoms with Crippen LogP contribution < -0.4 is 4.74 Å². The molecule has 23 heavy (non-hydrogen) atoms. The number of para-hydroxylation sites is 2. The summed E-state index contributed by atoms with van der Waals surface area (Å²) >= 11 is 0.